The van der Waals surface area contributed by atoms with Gasteiger partial charge in [0, 0.05) is 75.3 Å². The van der Waals surface area contributed by atoms with Crippen LogP contribution in [0.15, 0.2) is 30.6 Å². The summed E-state index contributed by atoms with van der Waals surface area (Å²) in [5.74, 6) is 0.00195. The average Bonchev–Trinajstić information content (AvgIpc) is 3.37. The molecule has 5 heterocycles. The van der Waals surface area contributed by atoms with Gasteiger partial charge in [0.1, 0.15) is 6.04 Å². The van der Waals surface area contributed by atoms with Gasteiger partial charge in [0.2, 0.25) is 17.8 Å². The van der Waals surface area contributed by atoms with E-state index in [0.29, 0.717) is 43.3 Å². The number of hydrogen-bond acceptors (Lipinski definition) is 10. The van der Waals surface area contributed by atoms with Gasteiger partial charge in [-0.2, -0.15) is 8.78 Å². The minimum atomic E-state index is -2.92. The SMILES string of the molecule is O=C1CCC(N2Cc3cc(N4CCN(CCCS(=O)N5CCC(Nc6ncc(OC(F)F)cn6)CC5)CC4)ccc3C2=O)C(=O)N1. The molecule has 46 heavy (non-hydrogen) atoms. The number of nitrogens with zero attached hydrogens (tertiary/aromatic N) is 6. The van der Waals surface area contributed by atoms with Gasteiger partial charge in [-0.25, -0.2) is 18.5 Å². The topological polar surface area (TPSA) is 140 Å². The number of anilines is 2. The average molecular weight is 661 g/mol. The van der Waals surface area contributed by atoms with Crippen molar-refractivity contribution >= 4 is 40.3 Å². The molecular weight excluding hydrogens is 622 g/mol. The van der Waals surface area contributed by atoms with Gasteiger partial charge in [0.05, 0.1) is 23.4 Å². The van der Waals surface area contributed by atoms with Crippen molar-refractivity contribution in [2.75, 3.05) is 61.8 Å². The van der Waals surface area contributed by atoms with Crippen LogP contribution in [0.3, 0.4) is 0 Å². The van der Waals surface area contributed by atoms with E-state index in [1.165, 1.54) is 12.4 Å². The number of ether oxygens (including phenoxy) is 1. The number of halogens is 2. The highest BCUT2D eigenvalue weighted by atomic mass is 32.2. The molecule has 248 valence electrons. The maximum atomic E-state index is 13.0. The van der Waals surface area contributed by atoms with Crippen LogP contribution in [-0.2, 0) is 27.1 Å². The summed E-state index contributed by atoms with van der Waals surface area (Å²) in [7, 11) is -1.05. The second-order valence-electron chi connectivity index (χ2n) is 11.9. The van der Waals surface area contributed by atoms with Gasteiger partial charge >= 0.3 is 6.61 Å². The molecule has 3 amide bonds. The van der Waals surface area contributed by atoms with E-state index in [9.17, 15) is 27.4 Å². The first-order chi connectivity index (χ1) is 22.2. The molecule has 3 saturated heterocycles. The molecule has 4 aliphatic rings. The Hall–Kier alpha value is -3.76. The van der Waals surface area contributed by atoms with E-state index in [4.69, 9.17) is 0 Å². The highest BCUT2D eigenvalue weighted by Gasteiger charge is 2.39. The van der Waals surface area contributed by atoms with Crippen LogP contribution in [0.4, 0.5) is 20.4 Å². The van der Waals surface area contributed by atoms with Crippen LogP contribution in [0.2, 0.25) is 0 Å². The minimum absolute atomic E-state index is 0.0907. The number of imide groups is 1. The molecule has 2 atom stereocenters. The van der Waals surface area contributed by atoms with E-state index in [2.05, 4.69) is 35.1 Å². The number of benzene rings is 1. The number of rotatable bonds is 11. The maximum absolute atomic E-state index is 13.0. The third kappa shape index (κ3) is 7.61. The van der Waals surface area contributed by atoms with E-state index < -0.39 is 29.5 Å². The Labute approximate surface area is 268 Å². The minimum Gasteiger partial charge on any atom is -0.432 e. The summed E-state index contributed by atoms with van der Waals surface area (Å²) in [5, 5.41) is 5.55. The van der Waals surface area contributed by atoms with Gasteiger partial charge in [-0.3, -0.25) is 24.6 Å². The molecule has 2 aromatic rings. The summed E-state index contributed by atoms with van der Waals surface area (Å²) in [6.45, 7) is 3.16. The van der Waals surface area contributed by atoms with E-state index in [1.54, 1.807) is 4.90 Å². The van der Waals surface area contributed by atoms with Crippen molar-refractivity contribution in [1.29, 1.82) is 0 Å². The van der Waals surface area contributed by atoms with Gasteiger partial charge in [-0.15, -0.1) is 0 Å². The van der Waals surface area contributed by atoms with Crippen molar-refractivity contribution in [3.05, 3.63) is 41.7 Å². The monoisotopic (exact) mass is 660 g/mol. The number of aromatic nitrogens is 2. The zero-order chi connectivity index (χ0) is 32.2. The molecule has 4 aliphatic heterocycles. The smallest absolute Gasteiger partial charge is 0.387 e. The third-order valence-corrected chi connectivity index (χ3v) is 10.5. The van der Waals surface area contributed by atoms with Crippen LogP contribution in [0.25, 0.3) is 0 Å². The number of nitrogens with one attached hydrogen (secondary N) is 2. The van der Waals surface area contributed by atoms with E-state index in [0.717, 1.165) is 63.2 Å². The van der Waals surface area contributed by atoms with E-state index in [-0.39, 0.29) is 30.0 Å². The first-order valence-electron chi connectivity index (χ1n) is 15.6. The second-order valence-corrected chi connectivity index (χ2v) is 13.5. The fraction of sp³-hybridized carbons (Fsp3) is 0.567. The Morgan fingerprint density at radius 2 is 1.76 bits per heavy atom. The fourth-order valence-corrected chi connectivity index (χ4v) is 7.72. The molecule has 6 rings (SSSR count). The number of piperidine rings is 2. The van der Waals surface area contributed by atoms with E-state index >= 15 is 0 Å². The predicted molar refractivity (Wildman–Crippen MR) is 166 cm³/mol. The molecule has 2 unspecified atom stereocenters. The number of fused-ring (bicyclic) bond motifs is 1. The molecule has 1 aromatic heterocycles. The highest BCUT2D eigenvalue weighted by molar-refractivity contribution is 7.82. The van der Waals surface area contributed by atoms with Crippen molar-refractivity contribution in [2.24, 2.45) is 0 Å². The summed E-state index contributed by atoms with van der Waals surface area (Å²) >= 11 is 0. The molecule has 2 N–H and O–H groups in total. The zero-order valence-corrected chi connectivity index (χ0v) is 26.2. The first kappa shape index (κ1) is 32.2. The van der Waals surface area contributed by atoms with Crippen LogP contribution >= 0.6 is 0 Å². The van der Waals surface area contributed by atoms with Crippen LogP contribution in [0.1, 0.15) is 48.0 Å². The van der Waals surface area contributed by atoms with Crippen LogP contribution in [-0.4, -0.2) is 116 Å². The second kappa shape index (κ2) is 14.3. The zero-order valence-electron chi connectivity index (χ0n) is 25.4. The Morgan fingerprint density at radius 3 is 2.46 bits per heavy atom. The molecule has 13 nitrogen and oxygen atoms in total. The quantitative estimate of drug-likeness (QED) is 0.342. The number of carbonyl (C=O) groups is 3. The molecule has 0 saturated carbocycles. The van der Waals surface area contributed by atoms with Crippen molar-refractivity contribution in [3.8, 4) is 5.75 Å². The lowest BCUT2D eigenvalue weighted by Crippen LogP contribution is -2.52. The Kier molecular flexibility index (Phi) is 10.0. The normalized spacial score (nSPS) is 22.2. The van der Waals surface area contributed by atoms with Gasteiger partial charge in [0.15, 0.2) is 5.75 Å². The summed E-state index contributed by atoms with van der Waals surface area (Å²) in [6.07, 6.45) is 5.39. The molecule has 0 radical (unpaired) electrons. The largest absolute Gasteiger partial charge is 0.432 e. The molecule has 0 spiro atoms. The van der Waals surface area contributed by atoms with Gasteiger partial charge in [-0.05, 0) is 56.0 Å². The van der Waals surface area contributed by atoms with Gasteiger partial charge in [0.25, 0.3) is 5.91 Å². The fourth-order valence-electron chi connectivity index (χ4n) is 6.47. The number of alkyl halides is 2. The van der Waals surface area contributed by atoms with Gasteiger partial charge < -0.3 is 19.9 Å². The lowest BCUT2D eigenvalue weighted by molar-refractivity contribution is -0.136. The summed E-state index contributed by atoms with van der Waals surface area (Å²) in [5.41, 5.74) is 2.57. The Balaban J connectivity index is 0.891. The van der Waals surface area contributed by atoms with Crippen molar-refractivity contribution in [3.63, 3.8) is 0 Å². The van der Waals surface area contributed by atoms with Crippen LogP contribution in [0.5, 0.6) is 5.75 Å². The molecule has 0 bridgehead atoms. The molecular formula is C30H38F2N8O5S. The van der Waals surface area contributed by atoms with Crippen molar-refractivity contribution < 1.29 is 32.1 Å². The Bertz CT molecular complexity index is 1450. The van der Waals surface area contributed by atoms with Gasteiger partial charge in [-0.1, -0.05) is 0 Å². The summed E-state index contributed by atoms with van der Waals surface area (Å²) in [4.78, 5) is 51.2. The lowest BCUT2D eigenvalue weighted by Gasteiger charge is -2.36. The summed E-state index contributed by atoms with van der Waals surface area (Å²) < 4.78 is 43.9. The van der Waals surface area contributed by atoms with Crippen molar-refractivity contribution in [2.45, 2.75) is 57.3 Å². The first-order valence-corrected chi connectivity index (χ1v) is 16.9. The third-order valence-electron chi connectivity index (χ3n) is 8.97. The molecule has 16 heteroatoms. The number of hydrogen-bond donors (Lipinski definition) is 2. The Morgan fingerprint density at radius 1 is 1.02 bits per heavy atom. The molecule has 0 aliphatic carbocycles. The summed E-state index contributed by atoms with van der Waals surface area (Å²) in [6, 6.07) is 5.36. The lowest BCUT2D eigenvalue weighted by atomic mass is 10.0. The number of piperazine rings is 1. The van der Waals surface area contributed by atoms with Crippen molar-refractivity contribution in [1.82, 2.24) is 29.4 Å². The highest BCUT2D eigenvalue weighted by Crippen LogP contribution is 2.31. The number of carbonyl (C=O) groups excluding carboxylic acids is 3. The van der Waals surface area contributed by atoms with Crippen LogP contribution in [0, 0.1) is 0 Å². The van der Waals surface area contributed by atoms with E-state index in [1.807, 2.05) is 22.5 Å². The van der Waals surface area contributed by atoms with Crippen LogP contribution < -0.4 is 20.3 Å². The predicted octanol–water partition coefficient (Wildman–Crippen LogP) is 1.59. The standard InChI is InChI=1S/C30H38F2N8O5S/c31-29(32)45-23-17-33-30(34-18-23)35-21-6-9-39(10-7-21)46(44)15-1-8-37-11-13-38(14-12-37)22-2-3-24-20(16-22)19-40(28(24)43)25-4-5-26(41)36-27(25)42/h2-3,16-18,21,25,29H,1,4-15,19H2,(H,33,34,35)(H,36,41,42). The number of amides is 3. The molecule has 3 fully saturated rings. The maximum Gasteiger partial charge on any atom is 0.387 e. The molecule has 1 aromatic carbocycles.